The highest BCUT2D eigenvalue weighted by Crippen LogP contribution is 2.39. The third-order valence-corrected chi connectivity index (χ3v) is 7.06. The van der Waals surface area contributed by atoms with E-state index in [2.05, 4.69) is 10.3 Å². The molecule has 2 aromatic rings. The van der Waals surface area contributed by atoms with Gasteiger partial charge in [-0.1, -0.05) is 13.8 Å². The minimum absolute atomic E-state index is 0.0291. The summed E-state index contributed by atoms with van der Waals surface area (Å²) < 4.78 is 54.8. The number of carbonyl (C=O) groups excluding carboxylic acids is 2. The Morgan fingerprint density at radius 3 is 2.14 bits per heavy atom. The van der Waals surface area contributed by atoms with E-state index in [1.165, 1.54) is 49.7 Å². The van der Waals surface area contributed by atoms with Crippen LogP contribution in [0.3, 0.4) is 0 Å². The number of likely N-dealkylation sites (tertiary alicyclic amines) is 1. The van der Waals surface area contributed by atoms with Crippen LogP contribution < -0.4 is 19.5 Å². The molecular weight excluding hydrogens is 499 g/mol. The summed E-state index contributed by atoms with van der Waals surface area (Å²) >= 11 is 1.22. The molecule has 1 aromatic carbocycles. The van der Waals surface area contributed by atoms with Crippen LogP contribution in [0.4, 0.5) is 13.2 Å². The first kappa shape index (κ1) is 27.6. The van der Waals surface area contributed by atoms with Gasteiger partial charge >= 0.3 is 6.18 Å². The van der Waals surface area contributed by atoms with E-state index < -0.39 is 30.0 Å². The number of hydrogen-bond acceptors (Lipinski definition) is 7. The highest BCUT2D eigenvalue weighted by atomic mass is 32.1. The molecule has 2 amide bonds. The van der Waals surface area contributed by atoms with Gasteiger partial charge in [0.25, 0.3) is 11.8 Å². The molecule has 1 saturated heterocycles. The molecule has 0 aliphatic carbocycles. The predicted molar refractivity (Wildman–Crippen MR) is 128 cm³/mol. The molecule has 0 radical (unpaired) electrons. The van der Waals surface area contributed by atoms with Crippen LogP contribution >= 0.6 is 11.3 Å². The molecule has 3 rings (SSSR count). The smallest absolute Gasteiger partial charge is 0.391 e. The minimum Gasteiger partial charge on any atom is -0.493 e. The molecule has 1 fully saturated rings. The maximum absolute atomic E-state index is 13.1. The molecule has 8 nitrogen and oxygen atoms in total. The van der Waals surface area contributed by atoms with Crippen LogP contribution in [0.25, 0.3) is 0 Å². The maximum atomic E-state index is 13.1. The van der Waals surface area contributed by atoms with Gasteiger partial charge < -0.3 is 24.4 Å². The highest BCUT2D eigenvalue weighted by molar-refractivity contribution is 7.09. The number of hydrogen-bond donors (Lipinski definition) is 1. The summed E-state index contributed by atoms with van der Waals surface area (Å²) in [7, 11) is 4.38. The van der Waals surface area contributed by atoms with Crippen LogP contribution in [0, 0.1) is 11.8 Å². The van der Waals surface area contributed by atoms with Crippen molar-refractivity contribution in [1.29, 1.82) is 0 Å². The normalized spacial score (nSPS) is 15.5. The Labute approximate surface area is 211 Å². The Balaban J connectivity index is 1.75. The summed E-state index contributed by atoms with van der Waals surface area (Å²) in [6.45, 7) is 3.87. The molecule has 0 saturated carbocycles. The first-order valence-electron chi connectivity index (χ1n) is 11.4. The number of ether oxygens (including phenoxy) is 3. The minimum atomic E-state index is -4.25. The van der Waals surface area contributed by atoms with Crippen molar-refractivity contribution in [3.8, 4) is 17.2 Å². The molecule has 2 heterocycles. The molecule has 1 atom stereocenters. The standard InChI is InChI=1S/C24H30F3N3O5S/c1-13(2)19(29-21(31)14-10-17(33-3)20(35-5)18(11-14)34-4)22-28-16(12-36-22)23(32)30-8-6-15(7-9-30)24(25,26)27/h10-13,15,19H,6-9H2,1-5H3,(H,29,31). The van der Waals surface area contributed by atoms with Crippen molar-refractivity contribution < 1.29 is 37.0 Å². The van der Waals surface area contributed by atoms with Gasteiger partial charge in [0, 0.05) is 24.0 Å². The van der Waals surface area contributed by atoms with Gasteiger partial charge in [0.05, 0.1) is 33.3 Å². The lowest BCUT2D eigenvalue weighted by Crippen LogP contribution is -2.42. The number of piperidine rings is 1. The van der Waals surface area contributed by atoms with Crippen LogP contribution in [-0.4, -0.2) is 62.3 Å². The van der Waals surface area contributed by atoms with E-state index in [0.29, 0.717) is 22.3 Å². The second kappa shape index (κ2) is 11.4. The number of rotatable bonds is 8. The Morgan fingerprint density at radius 1 is 1.08 bits per heavy atom. The van der Waals surface area contributed by atoms with Gasteiger partial charge in [-0.05, 0) is 30.9 Å². The summed E-state index contributed by atoms with van der Waals surface area (Å²) in [5.74, 6) is -1.23. The van der Waals surface area contributed by atoms with Crippen LogP contribution in [0.1, 0.15) is 58.6 Å². The maximum Gasteiger partial charge on any atom is 0.391 e. The lowest BCUT2D eigenvalue weighted by molar-refractivity contribution is -0.183. The molecular formula is C24H30F3N3O5S. The van der Waals surface area contributed by atoms with Crippen LogP contribution in [-0.2, 0) is 0 Å². The summed E-state index contributed by atoms with van der Waals surface area (Å²) in [6, 6.07) is 2.57. The van der Waals surface area contributed by atoms with Crippen molar-refractivity contribution in [3.05, 3.63) is 33.8 Å². The van der Waals surface area contributed by atoms with Crippen molar-refractivity contribution >= 4 is 23.2 Å². The number of benzene rings is 1. The van der Waals surface area contributed by atoms with E-state index in [0.717, 1.165) is 0 Å². The van der Waals surface area contributed by atoms with Crippen molar-refractivity contribution in [3.63, 3.8) is 0 Å². The van der Waals surface area contributed by atoms with Gasteiger partial charge in [0.2, 0.25) is 5.75 Å². The average Bonchev–Trinajstić information content (AvgIpc) is 3.34. The molecule has 0 bridgehead atoms. The Kier molecular flexibility index (Phi) is 8.70. The van der Waals surface area contributed by atoms with Crippen molar-refractivity contribution in [2.45, 2.75) is 38.9 Å². The van der Waals surface area contributed by atoms with E-state index in [4.69, 9.17) is 14.2 Å². The summed E-state index contributed by atoms with van der Waals surface area (Å²) in [5.41, 5.74) is 0.448. The summed E-state index contributed by atoms with van der Waals surface area (Å²) in [5, 5.41) is 5.06. The predicted octanol–water partition coefficient (Wildman–Crippen LogP) is 4.71. The highest BCUT2D eigenvalue weighted by Gasteiger charge is 2.42. The van der Waals surface area contributed by atoms with Crippen LogP contribution in [0.15, 0.2) is 17.5 Å². The number of carbonyl (C=O) groups is 2. The fourth-order valence-corrected chi connectivity index (χ4v) is 5.07. The Bertz CT molecular complexity index is 1060. The zero-order valence-electron chi connectivity index (χ0n) is 20.8. The molecule has 1 aromatic heterocycles. The Morgan fingerprint density at radius 2 is 1.67 bits per heavy atom. The lowest BCUT2D eigenvalue weighted by Gasteiger charge is -2.32. The second-order valence-electron chi connectivity index (χ2n) is 8.79. The van der Waals surface area contributed by atoms with Crippen LogP contribution in [0.5, 0.6) is 17.2 Å². The van der Waals surface area contributed by atoms with Gasteiger partial charge in [-0.2, -0.15) is 13.2 Å². The average molecular weight is 530 g/mol. The monoisotopic (exact) mass is 529 g/mol. The van der Waals surface area contributed by atoms with Crippen LogP contribution in [0.2, 0.25) is 0 Å². The number of methoxy groups -OCH3 is 3. The number of alkyl halides is 3. The third-order valence-electron chi connectivity index (χ3n) is 6.13. The quantitative estimate of drug-likeness (QED) is 0.533. The molecule has 1 aliphatic rings. The molecule has 1 aliphatic heterocycles. The van der Waals surface area contributed by atoms with E-state index >= 15 is 0 Å². The zero-order valence-corrected chi connectivity index (χ0v) is 21.6. The van der Waals surface area contributed by atoms with Crippen molar-refractivity contribution in [2.24, 2.45) is 11.8 Å². The number of amides is 2. The van der Waals surface area contributed by atoms with E-state index in [-0.39, 0.29) is 43.1 Å². The van der Waals surface area contributed by atoms with Crippen molar-refractivity contribution in [1.82, 2.24) is 15.2 Å². The number of nitrogens with one attached hydrogen (secondary N) is 1. The van der Waals surface area contributed by atoms with E-state index in [9.17, 15) is 22.8 Å². The molecule has 12 heteroatoms. The third kappa shape index (κ3) is 6.03. The molecule has 198 valence electrons. The number of aromatic nitrogens is 1. The summed E-state index contributed by atoms with van der Waals surface area (Å²) in [4.78, 5) is 31.8. The van der Waals surface area contributed by atoms with Gasteiger partial charge in [-0.25, -0.2) is 4.98 Å². The summed E-state index contributed by atoms with van der Waals surface area (Å²) in [6.07, 6.45) is -4.49. The fourth-order valence-electron chi connectivity index (χ4n) is 4.05. The number of halogens is 3. The first-order valence-corrected chi connectivity index (χ1v) is 12.3. The fraction of sp³-hybridized carbons (Fsp3) is 0.542. The molecule has 0 spiro atoms. The number of thiazole rings is 1. The van der Waals surface area contributed by atoms with Gasteiger partial charge in [-0.15, -0.1) is 11.3 Å². The largest absolute Gasteiger partial charge is 0.493 e. The second-order valence-corrected chi connectivity index (χ2v) is 9.68. The van der Waals surface area contributed by atoms with Crippen molar-refractivity contribution in [2.75, 3.05) is 34.4 Å². The topological polar surface area (TPSA) is 90.0 Å². The molecule has 1 N–H and O–H groups in total. The van der Waals surface area contributed by atoms with Gasteiger partial charge in [0.1, 0.15) is 10.7 Å². The number of nitrogens with zero attached hydrogens (tertiary/aromatic N) is 2. The first-order chi connectivity index (χ1) is 17.0. The van der Waals surface area contributed by atoms with E-state index in [1.54, 1.807) is 5.38 Å². The molecule has 1 unspecified atom stereocenters. The van der Waals surface area contributed by atoms with Gasteiger partial charge in [0.15, 0.2) is 11.5 Å². The zero-order chi connectivity index (χ0) is 26.6. The van der Waals surface area contributed by atoms with E-state index in [1.807, 2.05) is 13.8 Å². The Hall–Kier alpha value is -3.02. The van der Waals surface area contributed by atoms with Gasteiger partial charge in [-0.3, -0.25) is 9.59 Å². The SMILES string of the molecule is COc1cc(C(=O)NC(c2nc(C(=O)N3CCC(C(F)(F)F)CC3)cs2)C(C)C)cc(OC)c1OC. The lowest BCUT2D eigenvalue weighted by atomic mass is 9.96. The molecule has 36 heavy (non-hydrogen) atoms.